The summed E-state index contributed by atoms with van der Waals surface area (Å²) >= 11 is 12.5. The first kappa shape index (κ1) is 30.0. The van der Waals surface area contributed by atoms with E-state index in [1.165, 1.54) is 12.8 Å². The number of carbonyl (C=O) groups excluding carboxylic acids is 1. The Hall–Kier alpha value is -1.22. The third kappa shape index (κ3) is 6.96. The predicted octanol–water partition coefficient (Wildman–Crippen LogP) is 4.68. The highest BCUT2D eigenvalue weighted by Crippen LogP contribution is 2.33. The van der Waals surface area contributed by atoms with Crippen molar-refractivity contribution in [1.82, 2.24) is 19.8 Å². The number of anilines is 1. The van der Waals surface area contributed by atoms with Crippen molar-refractivity contribution in [2.75, 3.05) is 44.2 Å². The molecule has 7 nitrogen and oxygen atoms in total. The fourth-order valence-electron chi connectivity index (χ4n) is 5.13. The van der Waals surface area contributed by atoms with Gasteiger partial charge in [0.25, 0.3) is 5.91 Å². The lowest BCUT2D eigenvalue weighted by molar-refractivity contribution is 0.0847. The van der Waals surface area contributed by atoms with E-state index in [1.54, 1.807) is 6.07 Å². The number of benzene rings is 1. The molecule has 2 N–H and O–H groups in total. The second-order valence-corrected chi connectivity index (χ2v) is 9.91. The molecule has 196 valence electrons. The van der Waals surface area contributed by atoms with Crippen molar-refractivity contribution in [2.24, 2.45) is 0 Å². The number of aromatic nitrogens is 2. The van der Waals surface area contributed by atoms with Gasteiger partial charge in [-0.2, -0.15) is 0 Å². The molecule has 1 aliphatic carbocycles. The smallest absolute Gasteiger partial charge is 0.271 e. The Morgan fingerprint density at radius 1 is 1.14 bits per heavy atom. The summed E-state index contributed by atoms with van der Waals surface area (Å²) in [7, 11) is 0. The summed E-state index contributed by atoms with van der Waals surface area (Å²) in [6.45, 7) is 7.85. The number of halogens is 4. The van der Waals surface area contributed by atoms with E-state index in [2.05, 4.69) is 24.7 Å². The first-order valence-corrected chi connectivity index (χ1v) is 12.5. The fourth-order valence-corrected chi connectivity index (χ4v) is 5.55. The molecule has 1 aliphatic heterocycles. The van der Waals surface area contributed by atoms with Gasteiger partial charge in [-0.3, -0.25) is 9.69 Å². The highest BCUT2D eigenvalue weighted by atomic mass is 35.5. The molecular formula is C24H35Cl4N5O2. The number of aliphatic hydroxyl groups excluding tert-OH is 1. The lowest BCUT2D eigenvalue weighted by Crippen LogP contribution is -2.50. The Labute approximate surface area is 230 Å². The van der Waals surface area contributed by atoms with E-state index in [0.29, 0.717) is 28.3 Å². The number of hydrogen-bond donors (Lipinski definition) is 2. The van der Waals surface area contributed by atoms with Crippen LogP contribution in [0.4, 0.5) is 5.69 Å². The van der Waals surface area contributed by atoms with E-state index < -0.39 is 6.10 Å². The van der Waals surface area contributed by atoms with Gasteiger partial charge in [0.2, 0.25) is 0 Å². The standard InChI is InChI=1S/C24H33Cl2N5O2.2ClH/c1-16-23(28-17(2)31(16)18-6-3-4-7-18)24(33)27-14-19(32)15-29-10-12-30(13-11-29)21-9-5-8-20(25)22(21)26;;/h5,8-9,18-19,32H,3-4,6-7,10-15H2,1-2H3,(H,27,33);2*1H. The van der Waals surface area contributed by atoms with Crippen LogP contribution >= 0.6 is 48.0 Å². The van der Waals surface area contributed by atoms with Gasteiger partial charge in [-0.1, -0.05) is 42.1 Å². The van der Waals surface area contributed by atoms with Crippen LogP contribution in [0, 0.1) is 13.8 Å². The van der Waals surface area contributed by atoms with Crippen LogP contribution < -0.4 is 10.2 Å². The zero-order valence-corrected chi connectivity index (χ0v) is 23.3. The van der Waals surface area contributed by atoms with Crippen molar-refractivity contribution < 1.29 is 9.90 Å². The monoisotopic (exact) mass is 565 g/mol. The van der Waals surface area contributed by atoms with E-state index in [0.717, 1.165) is 56.2 Å². The molecule has 2 heterocycles. The van der Waals surface area contributed by atoms with Crippen LogP contribution in [0.2, 0.25) is 10.0 Å². The van der Waals surface area contributed by atoms with Crippen LogP contribution in [0.1, 0.15) is 53.7 Å². The SMILES string of the molecule is Cc1nc(C(=O)NCC(O)CN2CCN(c3cccc(Cl)c3Cl)CC2)c(C)n1C1CCCC1.Cl.Cl. The summed E-state index contributed by atoms with van der Waals surface area (Å²) in [5, 5.41) is 14.5. The van der Waals surface area contributed by atoms with Gasteiger partial charge in [0.05, 0.1) is 21.8 Å². The molecule has 2 aliphatic rings. The third-order valence-corrected chi connectivity index (χ3v) is 7.65. The lowest BCUT2D eigenvalue weighted by atomic mass is 10.2. The molecule has 2 aromatic rings. The van der Waals surface area contributed by atoms with Crippen LogP contribution in [0.25, 0.3) is 0 Å². The number of nitrogens with zero attached hydrogens (tertiary/aromatic N) is 4. The topological polar surface area (TPSA) is 73.6 Å². The van der Waals surface area contributed by atoms with Crippen LogP contribution in [0.3, 0.4) is 0 Å². The number of aliphatic hydroxyl groups is 1. The highest BCUT2D eigenvalue weighted by Gasteiger charge is 2.26. The van der Waals surface area contributed by atoms with Gasteiger partial charge in [0.15, 0.2) is 0 Å². The molecule has 0 spiro atoms. The largest absolute Gasteiger partial charge is 0.390 e. The third-order valence-electron chi connectivity index (χ3n) is 6.84. The number of hydrogen-bond acceptors (Lipinski definition) is 5. The van der Waals surface area contributed by atoms with E-state index >= 15 is 0 Å². The van der Waals surface area contributed by atoms with Crippen LogP contribution in [0.5, 0.6) is 0 Å². The summed E-state index contributed by atoms with van der Waals surface area (Å²) < 4.78 is 2.21. The Morgan fingerprint density at radius 2 is 1.80 bits per heavy atom. The first-order chi connectivity index (χ1) is 15.8. The molecule has 1 aromatic carbocycles. The average Bonchev–Trinajstić information content (AvgIpc) is 3.42. The molecule has 4 rings (SSSR count). The van der Waals surface area contributed by atoms with E-state index in [1.807, 2.05) is 26.0 Å². The Kier molecular flexibility index (Phi) is 11.5. The minimum Gasteiger partial charge on any atom is -0.390 e. The number of β-amino-alcohol motifs (C(OH)–C–C–N with tert-alkyl or cyclic N) is 1. The Balaban J connectivity index is 0.00000216. The summed E-state index contributed by atoms with van der Waals surface area (Å²) in [4.78, 5) is 21.7. The van der Waals surface area contributed by atoms with Crippen LogP contribution in [-0.4, -0.2) is 70.8 Å². The van der Waals surface area contributed by atoms with Crippen molar-refractivity contribution in [3.05, 3.63) is 45.5 Å². The molecule has 1 atom stereocenters. The van der Waals surface area contributed by atoms with Gasteiger partial charge in [-0.25, -0.2) is 4.98 Å². The quantitative estimate of drug-likeness (QED) is 0.509. The molecular weight excluding hydrogens is 532 g/mol. The zero-order valence-electron chi connectivity index (χ0n) is 20.2. The van der Waals surface area contributed by atoms with Gasteiger partial charge in [0.1, 0.15) is 11.5 Å². The summed E-state index contributed by atoms with van der Waals surface area (Å²) in [6.07, 6.45) is 4.11. The maximum atomic E-state index is 12.8. The van der Waals surface area contributed by atoms with Crippen molar-refractivity contribution in [1.29, 1.82) is 0 Å². The fraction of sp³-hybridized carbons (Fsp3) is 0.583. The molecule has 0 bridgehead atoms. The number of carbonyl (C=O) groups is 1. The lowest BCUT2D eigenvalue weighted by Gasteiger charge is -2.37. The second kappa shape index (κ2) is 13.4. The van der Waals surface area contributed by atoms with Crippen LogP contribution in [-0.2, 0) is 0 Å². The summed E-state index contributed by atoms with van der Waals surface area (Å²) in [5.74, 6) is 0.676. The predicted molar refractivity (Wildman–Crippen MR) is 147 cm³/mol. The molecule has 1 saturated carbocycles. The van der Waals surface area contributed by atoms with Crippen molar-refractivity contribution >= 4 is 59.6 Å². The zero-order chi connectivity index (χ0) is 23.5. The number of rotatable bonds is 7. The van der Waals surface area contributed by atoms with Gasteiger partial charge >= 0.3 is 0 Å². The first-order valence-electron chi connectivity index (χ1n) is 11.8. The second-order valence-electron chi connectivity index (χ2n) is 9.13. The van der Waals surface area contributed by atoms with E-state index in [4.69, 9.17) is 23.2 Å². The molecule has 1 saturated heterocycles. The van der Waals surface area contributed by atoms with E-state index in [9.17, 15) is 9.90 Å². The number of piperazine rings is 1. The Bertz CT molecular complexity index is 989. The maximum Gasteiger partial charge on any atom is 0.271 e. The molecule has 1 unspecified atom stereocenters. The normalized spacial score (nSPS) is 17.6. The summed E-state index contributed by atoms with van der Waals surface area (Å²) in [6, 6.07) is 6.12. The van der Waals surface area contributed by atoms with Gasteiger partial charge in [-0.05, 0) is 38.8 Å². The highest BCUT2D eigenvalue weighted by molar-refractivity contribution is 6.43. The number of amides is 1. The summed E-state index contributed by atoms with van der Waals surface area (Å²) in [5.41, 5.74) is 2.33. The van der Waals surface area contributed by atoms with Crippen molar-refractivity contribution in [3.63, 3.8) is 0 Å². The maximum absolute atomic E-state index is 12.8. The average molecular weight is 567 g/mol. The van der Waals surface area contributed by atoms with Crippen molar-refractivity contribution in [3.8, 4) is 0 Å². The molecule has 0 radical (unpaired) electrons. The minimum absolute atomic E-state index is 0. The number of imidazole rings is 1. The van der Waals surface area contributed by atoms with Crippen molar-refractivity contribution in [2.45, 2.75) is 51.7 Å². The number of nitrogens with one attached hydrogen (secondary N) is 1. The molecule has 35 heavy (non-hydrogen) atoms. The Morgan fingerprint density at radius 3 is 2.46 bits per heavy atom. The number of aryl methyl sites for hydroxylation is 1. The van der Waals surface area contributed by atoms with E-state index in [-0.39, 0.29) is 37.3 Å². The van der Waals surface area contributed by atoms with Gasteiger partial charge < -0.3 is 19.9 Å². The molecule has 1 aromatic heterocycles. The molecule has 2 fully saturated rings. The molecule has 11 heteroatoms. The van der Waals surface area contributed by atoms with Crippen LogP contribution in [0.15, 0.2) is 18.2 Å². The van der Waals surface area contributed by atoms with Gasteiger partial charge in [-0.15, -0.1) is 24.8 Å². The molecule has 1 amide bonds. The van der Waals surface area contributed by atoms with Gasteiger partial charge in [0, 0.05) is 51.0 Å². The minimum atomic E-state index is -0.645.